The number of fused-ring (bicyclic) bond motifs is 1. The summed E-state index contributed by atoms with van der Waals surface area (Å²) >= 11 is 1.73. The van der Waals surface area contributed by atoms with E-state index >= 15 is 0 Å². The zero-order chi connectivity index (χ0) is 16.2. The highest BCUT2D eigenvalue weighted by molar-refractivity contribution is 7.11. The van der Waals surface area contributed by atoms with Gasteiger partial charge in [0.2, 0.25) is 0 Å². The van der Waals surface area contributed by atoms with Crippen molar-refractivity contribution in [3.8, 4) is 0 Å². The van der Waals surface area contributed by atoms with Crippen LogP contribution in [0.25, 0.3) is 0 Å². The molecule has 2 aromatic rings. The lowest BCUT2D eigenvalue weighted by atomic mass is 9.78. The zero-order valence-corrected chi connectivity index (χ0v) is 14.8. The molecule has 0 spiro atoms. The van der Waals surface area contributed by atoms with Crippen LogP contribution in [0.1, 0.15) is 39.5 Å². The van der Waals surface area contributed by atoms with Crippen LogP contribution < -0.4 is 10.6 Å². The van der Waals surface area contributed by atoms with E-state index in [1.54, 1.807) is 11.3 Å². The monoisotopic (exact) mass is 328 g/mol. The molecule has 0 bridgehead atoms. The molecule has 1 heterocycles. The van der Waals surface area contributed by atoms with Gasteiger partial charge in [0.15, 0.2) is 5.96 Å². The molecule has 2 N–H and O–H groups in total. The Morgan fingerprint density at radius 2 is 2.13 bits per heavy atom. The molecule has 1 atom stereocenters. The number of guanidine groups is 1. The van der Waals surface area contributed by atoms with Gasteiger partial charge in [-0.15, -0.1) is 11.3 Å². The Morgan fingerprint density at radius 1 is 1.30 bits per heavy atom. The average Bonchev–Trinajstić information content (AvgIpc) is 2.83. The molecular formula is C18H24N4S. The maximum absolute atomic E-state index is 4.71. The molecule has 1 aliphatic rings. The fraction of sp³-hybridized carbons (Fsp3) is 0.444. The second-order valence-electron chi connectivity index (χ2n) is 5.92. The molecule has 1 aromatic heterocycles. The van der Waals surface area contributed by atoms with Crippen molar-refractivity contribution in [3.63, 3.8) is 0 Å². The van der Waals surface area contributed by atoms with Crippen molar-refractivity contribution in [3.05, 3.63) is 51.0 Å². The number of rotatable bonds is 5. The number of nitrogens with one attached hydrogen (secondary N) is 2. The third-order valence-electron chi connectivity index (χ3n) is 4.20. The Bertz CT molecular complexity index is 705. The number of aromatic nitrogens is 1. The topological polar surface area (TPSA) is 49.3 Å². The van der Waals surface area contributed by atoms with Crippen LogP contribution >= 0.6 is 11.3 Å². The summed E-state index contributed by atoms with van der Waals surface area (Å²) < 4.78 is 0. The minimum Gasteiger partial charge on any atom is -0.357 e. The van der Waals surface area contributed by atoms with Crippen molar-refractivity contribution in [1.82, 2.24) is 15.6 Å². The van der Waals surface area contributed by atoms with Gasteiger partial charge in [-0.05, 0) is 38.3 Å². The minimum absolute atomic E-state index is 0.599. The lowest BCUT2D eigenvalue weighted by Crippen LogP contribution is -2.41. The molecule has 23 heavy (non-hydrogen) atoms. The third-order valence-corrected chi connectivity index (χ3v) is 5.26. The number of nitrogens with zero attached hydrogens (tertiary/aromatic N) is 2. The highest BCUT2D eigenvalue weighted by Crippen LogP contribution is 2.33. The van der Waals surface area contributed by atoms with E-state index in [0.717, 1.165) is 36.2 Å². The van der Waals surface area contributed by atoms with E-state index in [4.69, 9.17) is 4.99 Å². The van der Waals surface area contributed by atoms with Gasteiger partial charge in [-0.1, -0.05) is 24.3 Å². The number of aryl methyl sites for hydroxylation is 2. The predicted molar refractivity (Wildman–Crippen MR) is 97.3 cm³/mol. The molecule has 0 aliphatic heterocycles. The number of thiazole rings is 1. The third kappa shape index (κ3) is 3.72. The van der Waals surface area contributed by atoms with Crippen LogP contribution in [-0.2, 0) is 13.0 Å². The summed E-state index contributed by atoms with van der Waals surface area (Å²) in [5.74, 6) is 1.49. The van der Waals surface area contributed by atoms with Crippen LogP contribution in [0, 0.1) is 13.8 Å². The molecule has 5 heteroatoms. The van der Waals surface area contributed by atoms with Crippen molar-refractivity contribution >= 4 is 17.3 Å². The molecule has 0 radical (unpaired) electrons. The summed E-state index contributed by atoms with van der Waals surface area (Å²) in [6.45, 7) is 8.69. The maximum Gasteiger partial charge on any atom is 0.191 e. The van der Waals surface area contributed by atoms with Gasteiger partial charge in [0, 0.05) is 23.9 Å². The first-order chi connectivity index (χ1) is 11.2. The van der Waals surface area contributed by atoms with Gasteiger partial charge in [0.1, 0.15) is 0 Å². The van der Waals surface area contributed by atoms with Crippen LogP contribution in [0.5, 0.6) is 0 Å². The first-order valence-electron chi connectivity index (χ1n) is 8.20. The van der Waals surface area contributed by atoms with Crippen LogP contribution in [0.3, 0.4) is 0 Å². The van der Waals surface area contributed by atoms with Gasteiger partial charge in [-0.25, -0.2) is 9.98 Å². The molecular weight excluding hydrogens is 304 g/mol. The summed E-state index contributed by atoms with van der Waals surface area (Å²) in [7, 11) is 0. The first kappa shape index (κ1) is 16.0. The molecule has 122 valence electrons. The van der Waals surface area contributed by atoms with Crippen LogP contribution in [0.2, 0.25) is 0 Å². The Morgan fingerprint density at radius 3 is 2.83 bits per heavy atom. The highest BCUT2D eigenvalue weighted by Gasteiger charge is 2.25. The molecule has 4 nitrogen and oxygen atoms in total. The van der Waals surface area contributed by atoms with Gasteiger partial charge in [0.05, 0.1) is 17.2 Å². The molecule has 0 saturated carbocycles. The summed E-state index contributed by atoms with van der Waals surface area (Å²) in [6, 6.07) is 8.70. The summed E-state index contributed by atoms with van der Waals surface area (Å²) in [6.07, 6.45) is 1.16. The van der Waals surface area contributed by atoms with E-state index in [-0.39, 0.29) is 0 Å². The molecule has 0 saturated heterocycles. The van der Waals surface area contributed by atoms with Gasteiger partial charge < -0.3 is 10.6 Å². The number of aliphatic imine (C=N–C) groups is 1. The highest BCUT2D eigenvalue weighted by atomic mass is 32.1. The van der Waals surface area contributed by atoms with E-state index in [0.29, 0.717) is 12.5 Å². The van der Waals surface area contributed by atoms with E-state index < -0.39 is 0 Å². The lowest BCUT2D eigenvalue weighted by Gasteiger charge is -2.30. The summed E-state index contributed by atoms with van der Waals surface area (Å²) in [4.78, 5) is 10.4. The SMILES string of the molecule is CCNC(=NCc1sc(C)nc1C)NCC1Cc2ccccc21. The molecule has 0 fully saturated rings. The number of hydrogen-bond acceptors (Lipinski definition) is 3. The molecule has 1 unspecified atom stereocenters. The van der Waals surface area contributed by atoms with Gasteiger partial charge in [-0.2, -0.15) is 0 Å². The van der Waals surface area contributed by atoms with Gasteiger partial charge >= 0.3 is 0 Å². The minimum atomic E-state index is 0.599. The molecule has 3 rings (SSSR count). The number of benzene rings is 1. The largest absolute Gasteiger partial charge is 0.357 e. The zero-order valence-electron chi connectivity index (χ0n) is 14.0. The van der Waals surface area contributed by atoms with Crippen LogP contribution in [0.4, 0.5) is 0 Å². The summed E-state index contributed by atoms with van der Waals surface area (Å²) in [5.41, 5.74) is 4.06. The van der Waals surface area contributed by atoms with Crippen LogP contribution in [-0.4, -0.2) is 24.0 Å². The van der Waals surface area contributed by atoms with E-state index in [2.05, 4.69) is 53.7 Å². The molecule has 0 amide bonds. The Balaban J connectivity index is 1.59. The smallest absolute Gasteiger partial charge is 0.191 e. The second-order valence-corrected chi connectivity index (χ2v) is 7.21. The van der Waals surface area contributed by atoms with E-state index in [9.17, 15) is 0 Å². The second kappa shape index (κ2) is 7.13. The van der Waals surface area contributed by atoms with Crippen LogP contribution in [0.15, 0.2) is 29.3 Å². The first-order valence-corrected chi connectivity index (χ1v) is 9.02. The Kier molecular flexibility index (Phi) is 4.96. The molecule has 1 aliphatic carbocycles. The van der Waals surface area contributed by atoms with Crippen molar-refractivity contribution in [2.45, 2.75) is 39.7 Å². The Labute approximate surface area is 142 Å². The average molecular weight is 328 g/mol. The van der Waals surface area contributed by atoms with Crippen molar-refractivity contribution in [2.24, 2.45) is 4.99 Å². The van der Waals surface area contributed by atoms with Crippen molar-refractivity contribution < 1.29 is 0 Å². The lowest BCUT2D eigenvalue weighted by molar-refractivity contribution is 0.584. The predicted octanol–water partition coefficient (Wildman–Crippen LogP) is 3.15. The molecule has 1 aromatic carbocycles. The maximum atomic E-state index is 4.71. The normalized spacial score (nSPS) is 16.7. The number of hydrogen-bond donors (Lipinski definition) is 2. The van der Waals surface area contributed by atoms with Gasteiger partial charge in [0.25, 0.3) is 0 Å². The summed E-state index contributed by atoms with van der Waals surface area (Å²) in [5, 5.41) is 7.92. The van der Waals surface area contributed by atoms with Crippen molar-refractivity contribution in [1.29, 1.82) is 0 Å². The van der Waals surface area contributed by atoms with Crippen molar-refractivity contribution in [2.75, 3.05) is 13.1 Å². The standard InChI is InChI=1S/C18H24N4S/c1-4-19-18(21-11-17-12(2)22-13(3)23-17)20-10-15-9-14-7-5-6-8-16(14)15/h5-8,15H,4,9-11H2,1-3H3,(H2,19,20,21). The van der Waals surface area contributed by atoms with Gasteiger partial charge in [-0.3, -0.25) is 0 Å². The quantitative estimate of drug-likeness (QED) is 0.655. The fourth-order valence-corrected chi connectivity index (χ4v) is 3.84. The fourth-order valence-electron chi connectivity index (χ4n) is 2.98. The van der Waals surface area contributed by atoms with E-state index in [1.165, 1.54) is 16.0 Å². The Hall–Kier alpha value is -1.88. The van der Waals surface area contributed by atoms with E-state index in [1.807, 2.05) is 6.92 Å².